The summed E-state index contributed by atoms with van der Waals surface area (Å²) in [4.78, 5) is 22.1. The summed E-state index contributed by atoms with van der Waals surface area (Å²) in [6.45, 7) is 5.59. The fourth-order valence-electron chi connectivity index (χ4n) is 3.96. The minimum Gasteiger partial charge on any atom is -0.324 e. The molecular formula is C23H21ClN6O. The molecule has 0 atom stereocenters. The number of nitrogens with one attached hydrogen (secondary N) is 2. The van der Waals surface area contributed by atoms with Gasteiger partial charge in [0.25, 0.3) is 5.56 Å². The van der Waals surface area contributed by atoms with Crippen LogP contribution in [0.1, 0.15) is 22.4 Å². The first-order valence-electron chi connectivity index (χ1n) is 10.1. The molecule has 0 spiro atoms. The van der Waals surface area contributed by atoms with Crippen LogP contribution in [0.4, 0.5) is 11.6 Å². The zero-order chi connectivity index (χ0) is 21.5. The molecule has 2 aromatic carbocycles. The number of aromatic nitrogens is 4. The average Bonchev–Trinajstić information content (AvgIpc) is 2.77. The topological polar surface area (TPSA) is 84.7 Å². The van der Waals surface area contributed by atoms with Crippen LogP contribution in [0.15, 0.2) is 47.4 Å². The Kier molecular flexibility index (Phi) is 4.92. The third kappa shape index (κ3) is 3.56. The van der Waals surface area contributed by atoms with Gasteiger partial charge in [-0.2, -0.15) is 9.78 Å². The van der Waals surface area contributed by atoms with Crippen LogP contribution < -0.4 is 16.2 Å². The van der Waals surface area contributed by atoms with E-state index in [2.05, 4.69) is 37.8 Å². The molecule has 0 radical (unpaired) electrons. The van der Waals surface area contributed by atoms with Gasteiger partial charge in [-0.3, -0.25) is 4.79 Å². The van der Waals surface area contributed by atoms with E-state index in [9.17, 15) is 4.79 Å². The molecule has 2 N–H and O–H groups in total. The first-order valence-corrected chi connectivity index (χ1v) is 10.5. The highest BCUT2D eigenvalue weighted by Crippen LogP contribution is 2.24. The highest BCUT2D eigenvalue weighted by atomic mass is 35.5. The Morgan fingerprint density at radius 3 is 2.87 bits per heavy atom. The summed E-state index contributed by atoms with van der Waals surface area (Å²) in [6, 6.07) is 11.7. The summed E-state index contributed by atoms with van der Waals surface area (Å²) in [7, 11) is 0. The van der Waals surface area contributed by atoms with E-state index in [1.165, 1.54) is 15.8 Å². The highest BCUT2D eigenvalue weighted by molar-refractivity contribution is 6.32. The Labute approximate surface area is 184 Å². The van der Waals surface area contributed by atoms with Crippen LogP contribution in [0, 0.1) is 13.8 Å². The minimum atomic E-state index is -0.301. The molecule has 0 bridgehead atoms. The van der Waals surface area contributed by atoms with Gasteiger partial charge in [-0.1, -0.05) is 29.8 Å². The van der Waals surface area contributed by atoms with Gasteiger partial charge in [0, 0.05) is 18.4 Å². The van der Waals surface area contributed by atoms with E-state index >= 15 is 0 Å². The summed E-state index contributed by atoms with van der Waals surface area (Å²) in [5.74, 6) is 0.428. The van der Waals surface area contributed by atoms with Crippen molar-refractivity contribution >= 4 is 34.1 Å². The monoisotopic (exact) mass is 432 g/mol. The van der Waals surface area contributed by atoms with Gasteiger partial charge in [-0.05, 0) is 61.7 Å². The van der Waals surface area contributed by atoms with Crippen molar-refractivity contribution in [2.24, 2.45) is 0 Å². The van der Waals surface area contributed by atoms with Crippen molar-refractivity contribution in [1.29, 1.82) is 0 Å². The lowest BCUT2D eigenvalue weighted by Crippen LogP contribution is -2.24. The van der Waals surface area contributed by atoms with Crippen LogP contribution in [-0.4, -0.2) is 26.3 Å². The van der Waals surface area contributed by atoms with Gasteiger partial charge >= 0.3 is 0 Å². The lowest BCUT2D eigenvalue weighted by atomic mass is 10.0. The van der Waals surface area contributed by atoms with Gasteiger partial charge in [0.15, 0.2) is 0 Å². The van der Waals surface area contributed by atoms with Crippen molar-refractivity contribution in [3.63, 3.8) is 0 Å². The summed E-state index contributed by atoms with van der Waals surface area (Å²) in [5, 5.41) is 12.0. The quantitative estimate of drug-likeness (QED) is 0.511. The third-order valence-corrected chi connectivity index (χ3v) is 5.86. The molecule has 5 rings (SSSR count). The predicted molar refractivity (Wildman–Crippen MR) is 123 cm³/mol. The lowest BCUT2D eigenvalue weighted by molar-refractivity contribution is 0.644. The van der Waals surface area contributed by atoms with E-state index in [-0.39, 0.29) is 5.56 Å². The van der Waals surface area contributed by atoms with E-state index in [4.69, 9.17) is 11.6 Å². The number of nitrogens with zero attached hydrogens (tertiary/aromatic N) is 4. The SMILES string of the molecule is Cc1cccc(Cl)c1-n1nc(C)c2nc(Nc3ccc4c(c3)CCNC4)ncc2c1=O. The van der Waals surface area contributed by atoms with E-state index in [0.717, 1.165) is 30.8 Å². The van der Waals surface area contributed by atoms with Crippen molar-refractivity contribution < 1.29 is 0 Å². The number of benzene rings is 2. The number of anilines is 2. The summed E-state index contributed by atoms with van der Waals surface area (Å²) in [5.41, 5.74) is 5.83. The Bertz CT molecular complexity index is 1360. The Hall–Kier alpha value is -3.29. The molecule has 0 saturated heterocycles. The third-order valence-electron chi connectivity index (χ3n) is 5.55. The highest BCUT2D eigenvalue weighted by Gasteiger charge is 2.16. The molecule has 31 heavy (non-hydrogen) atoms. The number of para-hydroxylation sites is 1. The zero-order valence-corrected chi connectivity index (χ0v) is 18.0. The van der Waals surface area contributed by atoms with Gasteiger partial charge in [0.05, 0.1) is 21.8 Å². The summed E-state index contributed by atoms with van der Waals surface area (Å²) < 4.78 is 1.34. The maximum Gasteiger partial charge on any atom is 0.282 e. The minimum absolute atomic E-state index is 0.301. The standard InChI is InChI=1S/C23H21ClN6O/c1-13-4-3-5-19(24)21(13)30-22(31)18-12-26-23(28-20(18)14(2)29-30)27-17-7-6-16-11-25-9-8-15(16)10-17/h3-7,10,12,25H,8-9,11H2,1-2H3,(H,26,27,28). The van der Waals surface area contributed by atoms with Crippen LogP contribution in [0.25, 0.3) is 16.6 Å². The van der Waals surface area contributed by atoms with Gasteiger partial charge < -0.3 is 10.6 Å². The van der Waals surface area contributed by atoms with Crippen molar-refractivity contribution in [2.75, 3.05) is 11.9 Å². The summed E-state index contributed by atoms with van der Waals surface area (Å²) >= 11 is 6.36. The van der Waals surface area contributed by atoms with Crippen LogP contribution in [0.3, 0.4) is 0 Å². The fraction of sp³-hybridized carbons (Fsp3) is 0.217. The smallest absolute Gasteiger partial charge is 0.282 e. The molecule has 1 aliphatic heterocycles. The van der Waals surface area contributed by atoms with Crippen molar-refractivity contribution in [1.82, 2.24) is 25.1 Å². The van der Waals surface area contributed by atoms with Gasteiger partial charge in [-0.15, -0.1) is 0 Å². The van der Waals surface area contributed by atoms with Crippen LogP contribution in [0.5, 0.6) is 0 Å². The molecule has 2 aromatic heterocycles. The molecule has 1 aliphatic rings. The Balaban J connectivity index is 1.55. The van der Waals surface area contributed by atoms with Crippen LogP contribution in [-0.2, 0) is 13.0 Å². The molecule has 0 unspecified atom stereocenters. The van der Waals surface area contributed by atoms with Crippen molar-refractivity contribution in [2.45, 2.75) is 26.8 Å². The number of halogens is 1. The molecular weight excluding hydrogens is 412 g/mol. The number of aryl methyl sites for hydroxylation is 2. The zero-order valence-electron chi connectivity index (χ0n) is 17.2. The molecule has 0 aliphatic carbocycles. The molecule has 156 valence electrons. The number of hydrogen-bond donors (Lipinski definition) is 2. The van der Waals surface area contributed by atoms with E-state index in [1.54, 1.807) is 12.3 Å². The molecule has 7 nitrogen and oxygen atoms in total. The largest absolute Gasteiger partial charge is 0.324 e. The molecule has 3 heterocycles. The maximum absolute atomic E-state index is 13.2. The maximum atomic E-state index is 13.2. The molecule has 0 amide bonds. The second kappa shape index (κ2) is 7.76. The fourth-order valence-corrected chi connectivity index (χ4v) is 4.26. The summed E-state index contributed by atoms with van der Waals surface area (Å²) in [6.07, 6.45) is 2.54. The van der Waals surface area contributed by atoms with Crippen molar-refractivity contribution in [3.8, 4) is 5.69 Å². The first kappa shape index (κ1) is 19.7. The van der Waals surface area contributed by atoms with E-state index in [1.807, 2.05) is 32.0 Å². The van der Waals surface area contributed by atoms with E-state index < -0.39 is 0 Å². The van der Waals surface area contributed by atoms with Gasteiger partial charge in [-0.25, -0.2) is 9.97 Å². The average molecular weight is 433 g/mol. The second-order valence-corrected chi connectivity index (χ2v) is 8.11. The number of fused-ring (bicyclic) bond motifs is 2. The Morgan fingerprint density at radius 2 is 2.03 bits per heavy atom. The molecule has 0 fully saturated rings. The molecule has 4 aromatic rings. The van der Waals surface area contributed by atoms with Crippen LogP contribution >= 0.6 is 11.6 Å². The predicted octanol–water partition coefficient (Wildman–Crippen LogP) is 3.84. The lowest BCUT2D eigenvalue weighted by Gasteiger charge is -2.18. The van der Waals surface area contributed by atoms with Crippen molar-refractivity contribution in [3.05, 3.63) is 80.4 Å². The van der Waals surface area contributed by atoms with Crippen LogP contribution in [0.2, 0.25) is 5.02 Å². The van der Waals surface area contributed by atoms with Gasteiger partial charge in [0.1, 0.15) is 5.52 Å². The first-order chi connectivity index (χ1) is 15.0. The molecule has 8 heteroatoms. The van der Waals surface area contributed by atoms with Gasteiger partial charge in [0.2, 0.25) is 5.95 Å². The molecule has 0 saturated carbocycles. The Morgan fingerprint density at radius 1 is 1.16 bits per heavy atom. The van der Waals surface area contributed by atoms with E-state index in [0.29, 0.717) is 33.3 Å². The second-order valence-electron chi connectivity index (χ2n) is 7.70. The normalized spacial score (nSPS) is 13.3. The number of rotatable bonds is 3. The number of hydrogen-bond acceptors (Lipinski definition) is 6.